The molecule has 3 aromatic rings. The molecular weight excluding hydrogens is 709 g/mol. The van der Waals surface area contributed by atoms with E-state index in [0.717, 1.165) is 0 Å². The zero-order chi connectivity index (χ0) is 40.5. The normalized spacial score (nSPS) is 12.3. The summed E-state index contributed by atoms with van der Waals surface area (Å²) in [4.78, 5) is 9.13. The van der Waals surface area contributed by atoms with Crippen molar-refractivity contribution in [1.82, 2.24) is 0 Å². The minimum Gasteiger partial charge on any atom is -0.139 e. The molecule has 0 unspecified atom stereocenters. The van der Waals surface area contributed by atoms with E-state index in [0.29, 0.717) is 0 Å². The second-order valence-electron chi connectivity index (χ2n) is 16.1. The second-order valence-corrected chi connectivity index (χ2v) is 19.5. The lowest BCUT2D eigenvalue weighted by atomic mass is 9.82. The largest absolute Gasteiger partial charge is 0.139 e. The molecule has 0 amide bonds. The predicted octanol–water partition coefficient (Wildman–Crippen LogP) is 19.7. The standard InChI is InChI=1S/C47H74S3.2C2H6/c1-11-15-19-23-27-38(37(7)47(8,9)10)31-35(5)44-40(29-25-21-17-13-3)33-43(49-44)46-41(30-26-22-18-14-4)34-42(50-46)45-39(32-36(6)48-45)28-24-20-16-12-2;2*1-2/h31-34H,11-30H2,1-10H3;2*1-2H3/b35-31+,38-37+;;. The third kappa shape index (κ3) is 17.4. The van der Waals surface area contributed by atoms with Gasteiger partial charge in [-0.25, -0.2) is 0 Å². The van der Waals surface area contributed by atoms with Gasteiger partial charge in [-0.15, -0.1) is 34.0 Å². The minimum absolute atomic E-state index is 0.190. The van der Waals surface area contributed by atoms with E-state index in [2.05, 4.69) is 116 Å². The molecule has 0 aliphatic heterocycles. The molecule has 0 bridgehead atoms. The minimum atomic E-state index is 0.190. The fourth-order valence-electron chi connectivity index (χ4n) is 7.10. The zero-order valence-electron chi connectivity index (χ0n) is 38.2. The number of hydrogen-bond acceptors (Lipinski definition) is 3. The van der Waals surface area contributed by atoms with Crippen molar-refractivity contribution in [3.05, 3.63) is 61.9 Å². The quantitative estimate of drug-likeness (QED) is 0.0626. The predicted molar refractivity (Wildman–Crippen MR) is 256 cm³/mol. The van der Waals surface area contributed by atoms with Gasteiger partial charge in [-0.1, -0.05) is 165 Å². The molecule has 3 rings (SSSR count). The van der Waals surface area contributed by atoms with E-state index >= 15 is 0 Å². The summed E-state index contributed by atoms with van der Waals surface area (Å²) in [6, 6.07) is 7.73. The van der Waals surface area contributed by atoms with Gasteiger partial charge in [-0.05, 0) is 124 Å². The fourth-order valence-corrected chi connectivity index (χ4v) is 10.8. The van der Waals surface area contributed by atoms with Crippen molar-refractivity contribution < 1.29 is 0 Å². The number of hydrogen-bond donors (Lipinski definition) is 0. The summed E-state index contributed by atoms with van der Waals surface area (Å²) in [7, 11) is 0. The molecule has 3 aromatic heterocycles. The van der Waals surface area contributed by atoms with Crippen LogP contribution >= 0.6 is 34.0 Å². The highest BCUT2D eigenvalue weighted by Gasteiger charge is 2.21. The van der Waals surface area contributed by atoms with Gasteiger partial charge in [-0.2, -0.15) is 0 Å². The van der Waals surface area contributed by atoms with Crippen LogP contribution in [-0.2, 0) is 19.3 Å². The van der Waals surface area contributed by atoms with Gasteiger partial charge in [0.15, 0.2) is 0 Å². The summed E-state index contributed by atoms with van der Waals surface area (Å²) >= 11 is 6.22. The Morgan fingerprint density at radius 3 is 1.46 bits per heavy atom. The van der Waals surface area contributed by atoms with Crippen LogP contribution in [0.3, 0.4) is 0 Å². The average Bonchev–Trinajstić information content (AvgIpc) is 3.89. The molecule has 3 heterocycles. The number of aryl methyl sites for hydroxylation is 4. The Morgan fingerprint density at radius 2 is 0.963 bits per heavy atom. The molecule has 0 saturated carbocycles. The second kappa shape index (κ2) is 28.9. The highest BCUT2D eigenvalue weighted by molar-refractivity contribution is 7.27. The van der Waals surface area contributed by atoms with Gasteiger partial charge in [0.1, 0.15) is 0 Å². The summed E-state index contributed by atoms with van der Waals surface area (Å²) in [5.41, 5.74) is 9.57. The first-order chi connectivity index (χ1) is 26.0. The Morgan fingerprint density at radius 1 is 0.537 bits per heavy atom. The van der Waals surface area contributed by atoms with E-state index in [9.17, 15) is 0 Å². The van der Waals surface area contributed by atoms with E-state index in [4.69, 9.17) is 0 Å². The van der Waals surface area contributed by atoms with Crippen LogP contribution in [0.4, 0.5) is 0 Å². The Bertz CT molecular complexity index is 1460. The Kier molecular flexibility index (Phi) is 27.1. The van der Waals surface area contributed by atoms with Gasteiger partial charge in [-0.3, -0.25) is 0 Å². The summed E-state index contributed by atoms with van der Waals surface area (Å²) in [6.45, 7) is 31.6. The third-order valence-electron chi connectivity index (χ3n) is 10.6. The number of unbranched alkanes of at least 4 members (excludes halogenated alkanes) is 12. The van der Waals surface area contributed by atoms with Crippen LogP contribution in [0.25, 0.3) is 25.1 Å². The number of allylic oxidation sites excluding steroid dienone is 4. The summed E-state index contributed by atoms with van der Waals surface area (Å²) < 4.78 is 0. The van der Waals surface area contributed by atoms with E-state index in [1.165, 1.54) is 149 Å². The highest BCUT2D eigenvalue weighted by atomic mass is 32.1. The maximum Gasteiger partial charge on any atom is 0.0481 e. The molecule has 0 nitrogen and oxygen atoms in total. The van der Waals surface area contributed by atoms with Crippen molar-refractivity contribution >= 4 is 39.6 Å². The van der Waals surface area contributed by atoms with Crippen LogP contribution in [0, 0.1) is 12.3 Å². The molecule has 0 saturated heterocycles. The van der Waals surface area contributed by atoms with Gasteiger partial charge in [0.25, 0.3) is 0 Å². The molecule has 0 aromatic carbocycles. The lowest BCUT2D eigenvalue weighted by Crippen LogP contribution is -2.09. The maximum atomic E-state index is 2.63. The van der Waals surface area contributed by atoms with Gasteiger partial charge < -0.3 is 0 Å². The molecule has 0 atom stereocenters. The lowest BCUT2D eigenvalue weighted by Gasteiger charge is -2.23. The van der Waals surface area contributed by atoms with E-state index < -0.39 is 0 Å². The summed E-state index contributed by atoms with van der Waals surface area (Å²) in [5.74, 6) is 0. The smallest absolute Gasteiger partial charge is 0.0481 e. The molecule has 54 heavy (non-hydrogen) atoms. The van der Waals surface area contributed by atoms with Crippen molar-refractivity contribution in [2.24, 2.45) is 5.41 Å². The van der Waals surface area contributed by atoms with Crippen LogP contribution in [0.15, 0.2) is 35.4 Å². The summed E-state index contributed by atoms with van der Waals surface area (Å²) in [6.07, 6.45) is 28.5. The molecule has 0 N–H and O–H groups in total. The van der Waals surface area contributed by atoms with Crippen molar-refractivity contribution in [2.45, 2.75) is 225 Å². The molecule has 308 valence electrons. The van der Waals surface area contributed by atoms with Crippen LogP contribution in [0.5, 0.6) is 0 Å². The monoisotopic (exact) mass is 795 g/mol. The molecule has 0 aliphatic rings. The topological polar surface area (TPSA) is 0 Å². The Labute approximate surface area is 349 Å². The highest BCUT2D eigenvalue weighted by Crippen LogP contribution is 2.47. The van der Waals surface area contributed by atoms with Crippen LogP contribution in [-0.4, -0.2) is 0 Å². The van der Waals surface area contributed by atoms with Crippen molar-refractivity contribution in [1.29, 1.82) is 0 Å². The van der Waals surface area contributed by atoms with Gasteiger partial charge >= 0.3 is 0 Å². The SMILES string of the molecule is CC.CC.CCCCCCC(/C=C(\C)c1sc(-c2sc(-c3sc(C)cc3CCCCCC)cc2CCCCCC)cc1CCCCCC)=C(/C)C(C)(C)C. The third-order valence-corrected chi connectivity index (χ3v) is 14.5. The fraction of sp³-hybridized carbons (Fsp3) is 0.686. The Balaban J connectivity index is 0.00000352. The first-order valence-electron chi connectivity index (χ1n) is 22.8. The van der Waals surface area contributed by atoms with Gasteiger partial charge in [0, 0.05) is 29.3 Å². The van der Waals surface area contributed by atoms with Crippen molar-refractivity contribution in [3.63, 3.8) is 0 Å². The van der Waals surface area contributed by atoms with E-state index in [1.54, 1.807) is 42.5 Å². The van der Waals surface area contributed by atoms with Crippen LogP contribution in [0.2, 0.25) is 0 Å². The van der Waals surface area contributed by atoms with Crippen molar-refractivity contribution in [3.8, 4) is 19.5 Å². The van der Waals surface area contributed by atoms with Gasteiger partial charge in [0.2, 0.25) is 0 Å². The van der Waals surface area contributed by atoms with Gasteiger partial charge in [0.05, 0.1) is 0 Å². The number of rotatable bonds is 24. The average molecular weight is 795 g/mol. The molecule has 0 spiro atoms. The van der Waals surface area contributed by atoms with E-state index in [-0.39, 0.29) is 5.41 Å². The lowest BCUT2D eigenvalue weighted by molar-refractivity contribution is 0.496. The molecule has 0 aliphatic carbocycles. The molecular formula is C51H86S3. The van der Waals surface area contributed by atoms with E-state index in [1.807, 2.05) is 39.0 Å². The molecule has 0 radical (unpaired) electrons. The number of thiophene rings is 3. The van der Waals surface area contributed by atoms with Crippen LogP contribution in [0.1, 0.15) is 226 Å². The summed E-state index contributed by atoms with van der Waals surface area (Å²) in [5, 5.41) is 0. The maximum absolute atomic E-state index is 2.63. The zero-order valence-corrected chi connectivity index (χ0v) is 40.6. The van der Waals surface area contributed by atoms with Crippen LogP contribution < -0.4 is 0 Å². The first kappa shape index (κ1) is 50.6. The molecule has 0 fully saturated rings. The van der Waals surface area contributed by atoms with Crippen molar-refractivity contribution in [2.75, 3.05) is 0 Å². The Hall–Kier alpha value is -1.42. The first-order valence-corrected chi connectivity index (χ1v) is 25.2. The molecule has 3 heteroatoms.